The van der Waals surface area contributed by atoms with Crippen LogP contribution >= 0.6 is 0 Å². The maximum Gasteiger partial charge on any atom is 0.220 e. The van der Waals surface area contributed by atoms with Gasteiger partial charge in [-0.2, -0.15) is 0 Å². The molecule has 0 bridgehead atoms. The Morgan fingerprint density at radius 2 is 1.91 bits per heavy atom. The predicted molar refractivity (Wildman–Crippen MR) is 89.7 cm³/mol. The maximum atomic E-state index is 11.9. The lowest BCUT2D eigenvalue weighted by molar-refractivity contribution is -0.121. The molecule has 1 aromatic heterocycles. The lowest BCUT2D eigenvalue weighted by atomic mass is 9.94. The number of carbonyl (C=O) groups is 1. The number of benzene rings is 1. The molecule has 116 valence electrons. The van der Waals surface area contributed by atoms with Crippen LogP contribution in [0.3, 0.4) is 0 Å². The third-order valence-electron chi connectivity index (χ3n) is 3.76. The van der Waals surface area contributed by atoms with Crippen molar-refractivity contribution in [2.45, 2.75) is 38.5 Å². The van der Waals surface area contributed by atoms with E-state index in [-0.39, 0.29) is 11.8 Å². The van der Waals surface area contributed by atoms with Crippen LogP contribution in [0.4, 0.5) is 0 Å². The Morgan fingerprint density at radius 1 is 1.14 bits per heavy atom. The number of rotatable bonds is 8. The van der Waals surface area contributed by atoms with Crippen molar-refractivity contribution in [1.82, 2.24) is 10.3 Å². The molecule has 1 heterocycles. The summed E-state index contributed by atoms with van der Waals surface area (Å²) in [5.41, 5.74) is 2.29. The highest BCUT2D eigenvalue weighted by atomic mass is 16.1. The van der Waals surface area contributed by atoms with Crippen LogP contribution in [0.25, 0.3) is 0 Å². The van der Waals surface area contributed by atoms with Gasteiger partial charge in [0.05, 0.1) is 0 Å². The van der Waals surface area contributed by atoms with Gasteiger partial charge in [0, 0.05) is 30.8 Å². The highest BCUT2D eigenvalue weighted by molar-refractivity contribution is 5.75. The molecular formula is C19H24N2O. The molecule has 2 aromatic rings. The fourth-order valence-electron chi connectivity index (χ4n) is 2.47. The van der Waals surface area contributed by atoms with Crippen LogP contribution in [0.1, 0.15) is 43.4 Å². The molecule has 1 N–H and O–H groups in total. The molecule has 1 atom stereocenters. The van der Waals surface area contributed by atoms with Gasteiger partial charge in [0.25, 0.3) is 0 Å². The summed E-state index contributed by atoms with van der Waals surface area (Å²) in [5.74, 6) is 0.394. The summed E-state index contributed by atoms with van der Waals surface area (Å²) in [7, 11) is 0. The van der Waals surface area contributed by atoms with Crippen LogP contribution in [-0.4, -0.2) is 17.4 Å². The SMILES string of the molecule is CCCCC(=O)NCC(Cc1ccccn1)c1ccccc1. The Morgan fingerprint density at radius 3 is 2.59 bits per heavy atom. The molecule has 0 saturated heterocycles. The van der Waals surface area contributed by atoms with E-state index in [9.17, 15) is 4.79 Å². The molecule has 0 aliphatic rings. The van der Waals surface area contributed by atoms with Gasteiger partial charge in [0.1, 0.15) is 0 Å². The Labute approximate surface area is 132 Å². The van der Waals surface area contributed by atoms with Gasteiger partial charge in [0.15, 0.2) is 0 Å². The van der Waals surface area contributed by atoms with Gasteiger partial charge in [-0.15, -0.1) is 0 Å². The summed E-state index contributed by atoms with van der Waals surface area (Å²) >= 11 is 0. The van der Waals surface area contributed by atoms with Gasteiger partial charge in [-0.1, -0.05) is 49.7 Å². The van der Waals surface area contributed by atoms with Gasteiger partial charge < -0.3 is 5.32 Å². The minimum atomic E-state index is 0.142. The Hall–Kier alpha value is -2.16. The van der Waals surface area contributed by atoms with Crippen molar-refractivity contribution in [3.8, 4) is 0 Å². The van der Waals surface area contributed by atoms with Crippen LogP contribution in [-0.2, 0) is 11.2 Å². The number of aromatic nitrogens is 1. The van der Waals surface area contributed by atoms with E-state index in [4.69, 9.17) is 0 Å². The largest absolute Gasteiger partial charge is 0.355 e. The number of carbonyl (C=O) groups excluding carboxylic acids is 1. The predicted octanol–water partition coefficient (Wildman–Crippen LogP) is 3.71. The second-order valence-electron chi connectivity index (χ2n) is 5.54. The lowest BCUT2D eigenvalue weighted by Gasteiger charge is -2.18. The summed E-state index contributed by atoms with van der Waals surface area (Å²) in [5, 5.41) is 3.07. The van der Waals surface area contributed by atoms with Crippen LogP contribution in [0.5, 0.6) is 0 Å². The van der Waals surface area contributed by atoms with Crippen LogP contribution in [0.15, 0.2) is 54.7 Å². The highest BCUT2D eigenvalue weighted by Crippen LogP contribution is 2.19. The monoisotopic (exact) mass is 296 g/mol. The quantitative estimate of drug-likeness (QED) is 0.807. The maximum absolute atomic E-state index is 11.9. The molecule has 2 rings (SSSR count). The van der Waals surface area contributed by atoms with Gasteiger partial charge in [-0.25, -0.2) is 0 Å². The fourth-order valence-corrected chi connectivity index (χ4v) is 2.47. The molecular weight excluding hydrogens is 272 g/mol. The Bertz CT molecular complexity index is 554. The van der Waals surface area contributed by atoms with Gasteiger partial charge in [0.2, 0.25) is 5.91 Å². The average Bonchev–Trinajstić information content (AvgIpc) is 2.58. The number of hydrogen-bond donors (Lipinski definition) is 1. The zero-order valence-electron chi connectivity index (χ0n) is 13.2. The molecule has 0 spiro atoms. The first kappa shape index (κ1) is 16.2. The number of hydrogen-bond acceptors (Lipinski definition) is 2. The van der Waals surface area contributed by atoms with Crippen molar-refractivity contribution in [3.05, 3.63) is 66.0 Å². The summed E-state index contributed by atoms with van der Waals surface area (Å²) in [4.78, 5) is 16.3. The zero-order chi connectivity index (χ0) is 15.6. The van der Waals surface area contributed by atoms with Crippen LogP contribution < -0.4 is 5.32 Å². The van der Waals surface area contributed by atoms with Crippen molar-refractivity contribution in [1.29, 1.82) is 0 Å². The normalized spacial score (nSPS) is 11.9. The van der Waals surface area contributed by atoms with Gasteiger partial charge in [-0.05, 0) is 30.5 Å². The van der Waals surface area contributed by atoms with E-state index in [0.29, 0.717) is 13.0 Å². The van der Waals surface area contributed by atoms with Crippen molar-refractivity contribution < 1.29 is 4.79 Å². The minimum absolute atomic E-state index is 0.142. The number of nitrogens with one attached hydrogen (secondary N) is 1. The molecule has 3 nitrogen and oxygen atoms in total. The molecule has 0 aliphatic carbocycles. The molecule has 0 aliphatic heterocycles. The standard InChI is InChI=1S/C19H24N2O/c1-2-3-12-19(22)21-15-17(16-9-5-4-6-10-16)14-18-11-7-8-13-20-18/h4-11,13,17H,2-3,12,14-15H2,1H3,(H,21,22). The Kier molecular flexibility index (Phi) is 6.62. The van der Waals surface area contributed by atoms with E-state index in [1.54, 1.807) is 0 Å². The molecule has 0 radical (unpaired) electrons. The molecule has 0 saturated carbocycles. The van der Waals surface area contributed by atoms with Crippen molar-refractivity contribution in [2.24, 2.45) is 0 Å². The first-order valence-corrected chi connectivity index (χ1v) is 8.01. The summed E-state index contributed by atoms with van der Waals surface area (Å²) in [6.07, 6.45) is 5.25. The number of pyridine rings is 1. The first-order chi connectivity index (χ1) is 10.8. The zero-order valence-corrected chi connectivity index (χ0v) is 13.2. The van der Waals surface area contributed by atoms with E-state index in [1.807, 2.05) is 42.6 Å². The molecule has 0 fully saturated rings. The van der Waals surface area contributed by atoms with Crippen molar-refractivity contribution in [2.75, 3.05) is 6.54 Å². The lowest BCUT2D eigenvalue weighted by Crippen LogP contribution is -2.29. The number of amides is 1. The second-order valence-corrected chi connectivity index (χ2v) is 5.54. The van der Waals surface area contributed by atoms with E-state index in [1.165, 1.54) is 5.56 Å². The molecule has 1 aromatic carbocycles. The van der Waals surface area contributed by atoms with Crippen molar-refractivity contribution in [3.63, 3.8) is 0 Å². The Balaban J connectivity index is 2.01. The highest BCUT2D eigenvalue weighted by Gasteiger charge is 2.14. The van der Waals surface area contributed by atoms with E-state index in [2.05, 4.69) is 29.4 Å². The number of nitrogens with zero attached hydrogens (tertiary/aromatic N) is 1. The van der Waals surface area contributed by atoms with E-state index >= 15 is 0 Å². The molecule has 1 unspecified atom stereocenters. The van der Waals surface area contributed by atoms with Crippen LogP contribution in [0, 0.1) is 0 Å². The number of unbranched alkanes of at least 4 members (excludes halogenated alkanes) is 1. The third kappa shape index (κ3) is 5.32. The van der Waals surface area contributed by atoms with Crippen LogP contribution in [0.2, 0.25) is 0 Å². The van der Waals surface area contributed by atoms with E-state index in [0.717, 1.165) is 25.0 Å². The van der Waals surface area contributed by atoms with Crippen molar-refractivity contribution >= 4 is 5.91 Å². The molecule has 22 heavy (non-hydrogen) atoms. The third-order valence-corrected chi connectivity index (χ3v) is 3.76. The topological polar surface area (TPSA) is 42.0 Å². The average molecular weight is 296 g/mol. The first-order valence-electron chi connectivity index (χ1n) is 8.01. The van der Waals surface area contributed by atoms with E-state index < -0.39 is 0 Å². The summed E-state index contributed by atoms with van der Waals surface area (Å²) < 4.78 is 0. The molecule has 3 heteroatoms. The second kappa shape index (κ2) is 8.98. The fraction of sp³-hybridized carbons (Fsp3) is 0.368. The molecule has 1 amide bonds. The van der Waals surface area contributed by atoms with Gasteiger partial charge in [-0.3, -0.25) is 9.78 Å². The smallest absolute Gasteiger partial charge is 0.220 e. The summed E-state index contributed by atoms with van der Waals surface area (Å²) in [6, 6.07) is 16.3. The summed E-state index contributed by atoms with van der Waals surface area (Å²) in [6.45, 7) is 2.75. The van der Waals surface area contributed by atoms with Gasteiger partial charge >= 0.3 is 0 Å². The minimum Gasteiger partial charge on any atom is -0.355 e.